The number of halogens is 4. The molecule has 2 aliphatic carbocycles. The first kappa shape index (κ1) is 58.3. The highest BCUT2D eigenvalue weighted by atomic mass is 79.9. The van der Waals surface area contributed by atoms with Crippen LogP contribution in [0.25, 0.3) is 44.1 Å². The standard InChI is InChI=1S/C32H31F3N6O3.C31H31BrN6O3/c1-16-6-7-25(32(33,34)35)38-29(16)39-30(44)24-10-31(5)11-26(31)41(24)27(43)15-40-14-23(18(3)42)22-9-20(8-17(2)28(22)40)21-12-36-19(4)37-13-21;1-16-6-7-26(32)35-29(16)36-30(41)24-10-31(5)11-25(31)38(24)27(40)15-37-14-23(18(3)39)22-9-20(8-17(2)28(22)37)21-12-33-19(4)34-13-21/h6-9,12-14,24,26H,10-11,15H2,1-5H3,(H,38,39,44);6-9,12-14,24-25H,10-11,15H2,1-5H3,(H,35,36,41)/t24-,26+,31-;24-,25+,31-/m00/s1. The number of alkyl halides is 3. The Labute approximate surface area is 496 Å². The van der Waals surface area contributed by atoms with E-state index < -0.39 is 29.9 Å². The summed E-state index contributed by atoms with van der Waals surface area (Å²) in [7, 11) is 0. The van der Waals surface area contributed by atoms with Crippen LogP contribution >= 0.6 is 15.9 Å². The maximum atomic E-state index is 13.9. The van der Waals surface area contributed by atoms with Gasteiger partial charge in [0.25, 0.3) is 0 Å². The summed E-state index contributed by atoms with van der Waals surface area (Å²) >= 11 is 3.37. The lowest BCUT2D eigenvalue weighted by Gasteiger charge is -2.27. The van der Waals surface area contributed by atoms with Crippen LogP contribution in [0.4, 0.5) is 24.8 Å². The molecule has 6 aromatic heterocycles. The number of likely N-dealkylation sites (tertiary alicyclic amines) is 2. The minimum Gasteiger partial charge on any atom is -0.337 e. The minimum absolute atomic E-state index is 0.0191. The predicted octanol–water partition coefficient (Wildman–Crippen LogP) is 11.1. The lowest BCUT2D eigenvalue weighted by Crippen LogP contribution is -2.46. The van der Waals surface area contributed by atoms with Crippen LogP contribution in [0.5, 0.6) is 0 Å². The minimum atomic E-state index is -4.66. The number of amides is 4. The van der Waals surface area contributed by atoms with Crippen LogP contribution in [0.1, 0.15) is 114 Å². The van der Waals surface area contributed by atoms with Gasteiger partial charge in [-0.15, -0.1) is 0 Å². The van der Waals surface area contributed by atoms with Crippen LogP contribution in [-0.4, -0.2) is 108 Å². The summed E-state index contributed by atoms with van der Waals surface area (Å²) in [6.45, 7) is 18.0. The molecular formula is C63H62BrF3N12O6. The number of anilines is 2. The van der Waals surface area contributed by atoms with Crippen molar-refractivity contribution >= 4 is 84.6 Å². The summed E-state index contributed by atoms with van der Waals surface area (Å²) in [6.07, 6.45) is 8.35. The average Bonchev–Trinajstić information content (AvgIpc) is 1.86. The Morgan fingerprint density at radius 2 is 0.965 bits per heavy atom. The third-order valence-corrected chi connectivity index (χ3v) is 17.8. The molecule has 4 fully saturated rings. The number of aromatic nitrogens is 8. The third-order valence-electron chi connectivity index (χ3n) is 17.3. The van der Waals surface area contributed by atoms with Crippen molar-refractivity contribution in [1.82, 2.24) is 48.8 Å². The molecule has 6 atom stereocenters. The smallest absolute Gasteiger partial charge is 0.337 e. The fourth-order valence-electron chi connectivity index (χ4n) is 12.6. The van der Waals surface area contributed by atoms with Gasteiger partial charge in [-0.25, -0.2) is 29.9 Å². The maximum absolute atomic E-state index is 13.9. The Bertz CT molecular complexity index is 4130. The monoisotopic (exact) mass is 1220 g/mol. The van der Waals surface area contributed by atoms with E-state index in [2.05, 4.69) is 63.4 Å². The first-order valence-corrected chi connectivity index (χ1v) is 28.7. The Morgan fingerprint density at radius 1 is 0.565 bits per heavy atom. The number of piperidine rings is 2. The number of pyridine rings is 2. The van der Waals surface area contributed by atoms with Crippen LogP contribution in [-0.2, 0) is 38.4 Å². The Hall–Kier alpha value is -8.53. The van der Waals surface area contributed by atoms with Gasteiger partial charge in [0.15, 0.2) is 11.6 Å². The molecule has 85 heavy (non-hydrogen) atoms. The van der Waals surface area contributed by atoms with E-state index >= 15 is 0 Å². The van der Waals surface area contributed by atoms with Gasteiger partial charge in [0.05, 0.1) is 11.0 Å². The van der Waals surface area contributed by atoms with Crippen molar-refractivity contribution in [3.63, 3.8) is 0 Å². The fourth-order valence-corrected chi connectivity index (χ4v) is 12.9. The molecule has 2 N–H and O–H groups in total. The average molecular weight is 1220 g/mol. The van der Waals surface area contributed by atoms with Gasteiger partial charge in [-0.3, -0.25) is 28.8 Å². The van der Waals surface area contributed by atoms with Gasteiger partial charge in [-0.05, 0) is 178 Å². The molecule has 0 unspecified atom stereocenters. The number of carbonyl (C=O) groups excluding carboxylic acids is 6. The van der Waals surface area contributed by atoms with E-state index in [1.165, 1.54) is 19.9 Å². The van der Waals surface area contributed by atoms with E-state index in [4.69, 9.17) is 0 Å². The van der Waals surface area contributed by atoms with E-state index in [0.717, 1.165) is 74.3 Å². The second-order valence-corrected chi connectivity index (χ2v) is 24.6. The number of carbonyl (C=O) groups is 6. The summed E-state index contributed by atoms with van der Waals surface area (Å²) in [5.41, 5.74) is 7.52. The molecule has 22 heteroatoms. The number of Topliss-reactive ketones (excluding diaryl/α,β-unsaturated/α-hetero) is 2. The van der Waals surface area contributed by atoms with Gasteiger partial charge >= 0.3 is 6.18 Å². The number of rotatable bonds is 12. The summed E-state index contributed by atoms with van der Waals surface area (Å²) < 4.78 is 44.1. The zero-order valence-corrected chi connectivity index (χ0v) is 50.2. The predicted molar refractivity (Wildman–Crippen MR) is 316 cm³/mol. The van der Waals surface area contributed by atoms with Crippen LogP contribution in [0.2, 0.25) is 0 Å². The second-order valence-electron chi connectivity index (χ2n) is 23.8. The molecule has 4 amide bonds. The molecule has 438 valence electrons. The molecule has 8 aromatic rings. The van der Waals surface area contributed by atoms with E-state index in [9.17, 15) is 41.9 Å². The van der Waals surface area contributed by atoms with Crippen LogP contribution in [0, 0.1) is 52.4 Å². The summed E-state index contributed by atoms with van der Waals surface area (Å²) in [5.74, 6) is 0.120. The first-order chi connectivity index (χ1) is 40.1. The summed E-state index contributed by atoms with van der Waals surface area (Å²) in [5, 5.41) is 6.97. The van der Waals surface area contributed by atoms with E-state index in [1.807, 2.05) is 75.6 Å². The molecule has 4 aliphatic rings. The zero-order valence-electron chi connectivity index (χ0n) is 48.6. The molecule has 0 bridgehead atoms. The number of benzene rings is 2. The molecule has 2 saturated heterocycles. The van der Waals surface area contributed by atoms with E-state index in [0.29, 0.717) is 57.0 Å². The van der Waals surface area contributed by atoms with Crippen molar-refractivity contribution < 1.29 is 41.9 Å². The normalized spacial score (nSPS) is 21.1. The van der Waals surface area contributed by atoms with Crippen molar-refractivity contribution in [3.8, 4) is 22.3 Å². The zero-order chi connectivity index (χ0) is 60.9. The molecule has 8 heterocycles. The van der Waals surface area contributed by atoms with Crippen molar-refractivity contribution in [1.29, 1.82) is 0 Å². The Balaban J connectivity index is 0.000000177. The highest BCUT2D eigenvalue weighted by Gasteiger charge is 2.65. The molecule has 18 nitrogen and oxygen atoms in total. The van der Waals surface area contributed by atoms with Crippen LogP contribution in [0.3, 0.4) is 0 Å². The topological polar surface area (TPSA) is 220 Å². The second kappa shape index (κ2) is 21.5. The SMILES string of the molecule is CC(=O)c1cn(CC(=O)N2[C@H](C(=O)Nc3nc(Br)ccc3C)C[C@@]3(C)C[C@@H]23)c2c(C)cc(-c3cnc(C)nc3)cc12.CC(=O)c1cn(CC(=O)N2[C@H](C(=O)Nc3nc(C(F)(F)F)ccc3C)C[C@@]3(C)C[C@@H]23)c2c(C)cc(-c3cnc(C)nc3)cc12. The van der Waals surface area contributed by atoms with Gasteiger partial charge in [-0.2, -0.15) is 13.2 Å². The number of hydrogen-bond acceptors (Lipinski definition) is 12. The van der Waals surface area contributed by atoms with Crippen molar-refractivity contribution in [3.05, 3.63) is 141 Å². The van der Waals surface area contributed by atoms with Gasteiger partial charge in [-0.1, -0.05) is 26.0 Å². The number of hydrogen-bond donors (Lipinski definition) is 2. The lowest BCUT2D eigenvalue weighted by molar-refractivity contribution is -0.141. The quantitative estimate of drug-likeness (QED) is 0.0862. The van der Waals surface area contributed by atoms with Crippen LogP contribution < -0.4 is 10.6 Å². The molecule has 2 saturated carbocycles. The number of fused-ring (bicyclic) bond motifs is 4. The van der Waals surface area contributed by atoms with E-state index in [1.54, 1.807) is 65.4 Å². The summed E-state index contributed by atoms with van der Waals surface area (Å²) in [6, 6.07) is 12.1. The highest BCUT2D eigenvalue weighted by molar-refractivity contribution is 9.10. The molecule has 0 spiro atoms. The van der Waals surface area contributed by atoms with Gasteiger partial charge in [0.2, 0.25) is 23.6 Å². The highest BCUT2D eigenvalue weighted by Crippen LogP contribution is 2.60. The molecule has 2 aromatic carbocycles. The van der Waals surface area contributed by atoms with Crippen molar-refractivity contribution in [2.45, 2.75) is 138 Å². The van der Waals surface area contributed by atoms with Gasteiger partial charge in [0.1, 0.15) is 58.8 Å². The third kappa shape index (κ3) is 11.1. The Morgan fingerprint density at radius 3 is 1.36 bits per heavy atom. The lowest BCUT2D eigenvalue weighted by atomic mass is 10.0. The molecule has 12 rings (SSSR count). The largest absolute Gasteiger partial charge is 0.433 e. The van der Waals surface area contributed by atoms with Gasteiger partial charge < -0.3 is 29.6 Å². The first-order valence-electron chi connectivity index (χ1n) is 27.9. The molecular weight excluding hydrogens is 1160 g/mol. The number of aryl methyl sites for hydroxylation is 6. The number of nitrogens with zero attached hydrogens (tertiary/aromatic N) is 10. The van der Waals surface area contributed by atoms with Crippen molar-refractivity contribution in [2.75, 3.05) is 10.6 Å². The maximum Gasteiger partial charge on any atom is 0.433 e. The molecule has 2 aliphatic heterocycles. The fraction of sp³-hybridized carbons (Fsp3) is 0.365. The van der Waals surface area contributed by atoms with Crippen molar-refractivity contribution in [2.24, 2.45) is 10.8 Å². The summed E-state index contributed by atoms with van der Waals surface area (Å²) in [4.78, 5) is 109. The Kier molecular flexibility index (Phi) is 14.7. The van der Waals surface area contributed by atoms with E-state index in [-0.39, 0.29) is 71.1 Å². The number of ketones is 2. The number of nitrogens with one attached hydrogen (secondary N) is 2. The van der Waals surface area contributed by atoms with Crippen LogP contribution in [0.15, 0.2) is 90.3 Å². The molecule has 0 radical (unpaired) electrons. The van der Waals surface area contributed by atoms with Gasteiger partial charge in [0, 0.05) is 82.3 Å².